The smallest absolute Gasteiger partial charge is 0.265 e. The molecule has 5 heteroatoms. The summed E-state index contributed by atoms with van der Waals surface area (Å²) < 4.78 is 0. The van der Waals surface area contributed by atoms with Gasteiger partial charge >= 0.3 is 0 Å². The zero-order chi connectivity index (χ0) is 14.5. The maximum absolute atomic E-state index is 12.5. The van der Waals surface area contributed by atoms with Gasteiger partial charge in [-0.3, -0.25) is 4.79 Å². The van der Waals surface area contributed by atoms with Gasteiger partial charge in [0.1, 0.15) is 4.88 Å². The molecule has 0 bridgehead atoms. The molecular formula is C15H17ClN2OS. The maximum atomic E-state index is 12.5. The summed E-state index contributed by atoms with van der Waals surface area (Å²) in [5.74, 6) is -0.0105. The number of halogens is 1. The number of carbonyl (C=O) groups is 1. The number of hydrogen-bond donors (Lipinski definition) is 1. The molecule has 0 atom stereocenters. The first-order valence-corrected chi connectivity index (χ1v) is 7.74. The minimum atomic E-state index is -0.0105. The molecule has 0 saturated carbocycles. The number of hydrogen-bond acceptors (Lipinski definition) is 3. The Bertz CT molecular complexity index is 580. The number of benzene rings is 1. The highest BCUT2D eigenvalue weighted by atomic mass is 35.5. The topological polar surface area (TPSA) is 46.3 Å². The molecule has 1 amide bonds. The van der Waals surface area contributed by atoms with Gasteiger partial charge in [0.25, 0.3) is 5.91 Å². The molecule has 106 valence electrons. The lowest BCUT2D eigenvalue weighted by Crippen LogP contribution is -2.30. The summed E-state index contributed by atoms with van der Waals surface area (Å²) in [4.78, 5) is 14.9. The minimum absolute atomic E-state index is 0.0105. The highest BCUT2D eigenvalue weighted by molar-refractivity contribution is 7.12. The zero-order valence-electron chi connectivity index (χ0n) is 11.3. The van der Waals surface area contributed by atoms with Crippen LogP contribution in [0.25, 0.3) is 0 Å². The molecule has 0 aliphatic heterocycles. The molecule has 20 heavy (non-hydrogen) atoms. The number of amides is 1. The van der Waals surface area contributed by atoms with Gasteiger partial charge in [0.05, 0.1) is 5.02 Å². The lowest BCUT2D eigenvalue weighted by molar-refractivity contribution is 0.0748. The third-order valence-electron chi connectivity index (χ3n) is 2.95. The van der Waals surface area contributed by atoms with Gasteiger partial charge in [0, 0.05) is 18.8 Å². The van der Waals surface area contributed by atoms with Gasteiger partial charge < -0.3 is 10.6 Å². The van der Waals surface area contributed by atoms with Crippen molar-refractivity contribution in [3.05, 3.63) is 51.2 Å². The van der Waals surface area contributed by atoms with Gasteiger partial charge in [-0.2, -0.15) is 0 Å². The van der Waals surface area contributed by atoms with Gasteiger partial charge in [-0.05, 0) is 35.6 Å². The van der Waals surface area contributed by atoms with Gasteiger partial charge in [-0.15, -0.1) is 11.3 Å². The van der Waals surface area contributed by atoms with Crippen LogP contribution in [0, 0.1) is 0 Å². The van der Waals surface area contributed by atoms with Crippen LogP contribution in [0.4, 0.5) is 5.69 Å². The Labute approximate surface area is 128 Å². The van der Waals surface area contributed by atoms with Crippen LogP contribution in [0.15, 0.2) is 35.7 Å². The molecule has 1 aromatic carbocycles. The molecule has 3 nitrogen and oxygen atoms in total. The van der Waals surface area contributed by atoms with Crippen LogP contribution >= 0.6 is 22.9 Å². The van der Waals surface area contributed by atoms with Gasteiger partial charge in [0.15, 0.2) is 0 Å². The molecule has 0 radical (unpaired) electrons. The van der Waals surface area contributed by atoms with Crippen molar-refractivity contribution < 1.29 is 4.79 Å². The van der Waals surface area contributed by atoms with Gasteiger partial charge in [0.2, 0.25) is 0 Å². The Morgan fingerprint density at radius 3 is 2.55 bits per heavy atom. The third kappa shape index (κ3) is 3.52. The molecule has 1 heterocycles. The van der Waals surface area contributed by atoms with E-state index in [1.54, 1.807) is 6.07 Å². The molecule has 0 spiro atoms. The molecule has 2 aromatic rings. The van der Waals surface area contributed by atoms with Crippen LogP contribution in [0.1, 0.15) is 28.6 Å². The van der Waals surface area contributed by atoms with Gasteiger partial charge in [-0.1, -0.05) is 30.7 Å². The first-order chi connectivity index (χ1) is 9.61. The van der Waals surface area contributed by atoms with E-state index in [0.717, 1.165) is 17.7 Å². The fraction of sp³-hybridized carbons (Fsp3) is 0.267. The van der Waals surface area contributed by atoms with Crippen molar-refractivity contribution >= 4 is 34.5 Å². The first-order valence-electron chi connectivity index (χ1n) is 6.48. The van der Waals surface area contributed by atoms with Crippen molar-refractivity contribution in [2.45, 2.75) is 19.9 Å². The Morgan fingerprint density at radius 2 is 2.00 bits per heavy atom. The first kappa shape index (κ1) is 14.9. The predicted octanol–water partition coefficient (Wildman–Crippen LogP) is 4.04. The molecule has 0 unspecified atom stereocenters. The molecule has 2 rings (SSSR count). The van der Waals surface area contributed by atoms with E-state index in [1.807, 2.05) is 34.5 Å². The van der Waals surface area contributed by atoms with E-state index in [4.69, 9.17) is 17.3 Å². The van der Waals surface area contributed by atoms with Crippen molar-refractivity contribution in [2.75, 3.05) is 12.3 Å². The minimum Gasteiger partial charge on any atom is -0.399 e. The summed E-state index contributed by atoms with van der Waals surface area (Å²) in [5.41, 5.74) is 7.47. The average Bonchev–Trinajstić information content (AvgIpc) is 2.86. The molecule has 2 N–H and O–H groups in total. The Kier molecular flexibility index (Phi) is 5.04. The predicted molar refractivity (Wildman–Crippen MR) is 85.2 cm³/mol. The summed E-state index contributed by atoms with van der Waals surface area (Å²) in [5, 5.41) is 2.36. The number of anilines is 1. The lowest BCUT2D eigenvalue weighted by atomic mass is 10.2. The van der Waals surface area contributed by atoms with Gasteiger partial charge in [-0.25, -0.2) is 0 Å². The molecule has 0 aliphatic rings. The van der Waals surface area contributed by atoms with Crippen LogP contribution in [-0.4, -0.2) is 17.4 Å². The zero-order valence-corrected chi connectivity index (χ0v) is 12.9. The Morgan fingerprint density at radius 1 is 1.30 bits per heavy atom. The van der Waals surface area contributed by atoms with E-state index in [0.29, 0.717) is 23.0 Å². The second kappa shape index (κ2) is 6.77. The average molecular weight is 309 g/mol. The van der Waals surface area contributed by atoms with Crippen molar-refractivity contribution in [1.82, 2.24) is 4.90 Å². The van der Waals surface area contributed by atoms with E-state index < -0.39 is 0 Å². The number of nitrogens with zero attached hydrogens (tertiary/aromatic N) is 1. The summed E-state index contributed by atoms with van der Waals surface area (Å²) in [6, 6.07) is 9.35. The Hall–Kier alpha value is -1.52. The molecule has 1 aromatic heterocycles. The number of nitrogen functional groups attached to an aromatic ring is 1. The summed E-state index contributed by atoms with van der Waals surface area (Å²) >= 11 is 7.43. The van der Waals surface area contributed by atoms with E-state index in [1.165, 1.54) is 11.3 Å². The molecular weight excluding hydrogens is 292 g/mol. The summed E-state index contributed by atoms with van der Waals surface area (Å²) in [6.45, 7) is 3.33. The maximum Gasteiger partial charge on any atom is 0.265 e. The largest absolute Gasteiger partial charge is 0.399 e. The summed E-state index contributed by atoms with van der Waals surface area (Å²) in [7, 11) is 0. The molecule has 0 fully saturated rings. The fourth-order valence-electron chi connectivity index (χ4n) is 1.96. The van der Waals surface area contributed by atoms with Crippen LogP contribution in [-0.2, 0) is 6.54 Å². The van der Waals surface area contributed by atoms with E-state index in [9.17, 15) is 4.79 Å². The lowest BCUT2D eigenvalue weighted by Gasteiger charge is -2.22. The van der Waals surface area contributed by atoms with E-state index >= 15 is 0 Å². The highest BCUT2D eigenvalue weighted by Crippen LogP contribution is 2.24. The standard InChI is InChI=1S/C15H17ClN2OS/c1-2-8-18(10-11-3-5-12(17)6-4-11)15(19)14-13(16)7-9-20-14/h3-7,9H,2,8,10,17H2,1H3. The quantitative estimate of drug-likeness (QED) is 0.847. The van der Waals surface area contributed by atoms with Crippen molar-refractivity contribution in [3.8, 4) is 0 Å². The number of carbonyl (C=O) groups excluding carboxylic acids is 1. The SMILES string of the molecule is CCCN(Cc1ccc(N)cc1)C(=O)c1sccc1Cl. The monoisotopic (exact) mass is 308 g/mol. The Balaban J connectivity index is 2.16. The van der Waals surface area contributed by atoms with Crippen LogP contribution in [0.2, 0.25) is 5.02 Å². The van der Waals surface area contributed by atoms with E-state index in [2.05, 4.69) is 6.92 Å². The second-order valence-electron chi connectivity index (χ2n) is 4.57. The third-order valence-corrected chi connectivity index (χ3v) is 4.27. The summed E-state index contributed by atoms with van der Waals surface area (Å²) in [6.07, 6.45) is 0.906. The van der Waals surface area contributed by atoms with Crippen molar-refractivity contribution in [1.29, 1.82) is 0 Å². The second-order valence-corrected chi connectivity index (χ2v) is 5.89. The molecule has 0 aliphatic carbocycles. The number of nitrogens with two attached hydrogens (primary N) is 1. The van der Waals surface area contributed by atoms with Crippen LogP contribution in [0.3, 0.4) is 0 Å². The number of rotatable bonds is 5. The van der Waals surface area contributed by atoms with Crippen molar-refractivity contribution in [3.63, 3.8) is 0 Å². The highest BCUT2D eigenvalue weighted by Gasteiger charge is 2.19. The molecule has 0 saturated heterocycles. The van der Waals surface area contributed by atoms with Crippen molar-refractivity contribution in [2.24, 2.45) is 0 Å². The van der Waals surface area contributed by atoms with Crippen LogP contribution < -0.4 is 5.73 Å². The van der Waals surface area contributed by atoms with E-state index in [-0.39, 0.29) is 5.91 Å². The number of thiophene rings is 1. The normalized spacial score (nSPS) is 10.5. The van der Waals surface area contributed by atoms with Crippen LogP contribution in [0.5, 0.6) is 0 Å². The fourth-order valence-corrected chi connectivity index (χ4v) is 3.06.